The first kappa shape index (κ1) is 11.2. The first-order valence-corrected chi connectivity index (χ1v) is 5.31. The van der Waals surface area contributed by atoms with Gasteiger partial charge in [0.25, 0.3) is 0 Å². The van der Waals surface area contributed by atoms with E-state index < -0.39 is 0 Å². The Morgan fingerprint density at radius 3 is 3.00 bits per heavy atom. The Labute approximate surface area is 86.0 Å². The molecule has 80 valence electrons. The summed E-state index contributed by atoms with van der Waals surface area (Å²) >= 11 is 0. The maximum atomic E-state index is 11.6. The quantitative estimate of drug-likeness (QED) is 0.670. The first-order valence-electron chi connectivity index (χ1n) is 5.31. The monoisotopic (exact) mass is 196 g/mol. The maximum Gasteiger partial charge on any atom is 0.223 e. The minimum Gasteiger partial charge on any atom is -0.338 e. The minimum absolute atomic E-state index is 0.262. The molecule has 0 aliphatic carbocycles. The van der Waals surface area contributed by atoms with Gasteiger partial charge in [-0.2, -0.15) is 0 Å². The third-order valence-electron chi connectivity index (χ3n) is 2.69. The fourth-order valence-corrected chi connectivity index (χ4v) is 1.94. The molecule has 1 unspecified atom stereocenters. The number of nitrogens with zero attached hydrogens (tertiary/aromatic N) is 1. The molecule has 0 radical (unpaired) electrons. The van der Waals surface area contributed by atoms with Gasteiger partial charge in [0.15, 0.2) is 0 Å². The van der Waals surface area contributed by atoms with Crippen LogP contribution in [0, 0.1) is 5.92 Å². The van der Waals surface area contributed by atoms with Crippen LogP contribution < -0.4 is 5.73 Å². The summed E-state index contributed by atoms with van der Waals surface area (Å²) < 4.78 is 0. The van der Waals surface area contributed by atoms with Crippen LogP contribution in [-0.4, -0.2) is 30.4 Å². The lowest BCUT2D eigenvalue weighted by Crippen LogP contribution is -2.29. The Hall–Kier alpha value is -0.830. The molecule has 14 heavy (non-hydrogen) atoms. The van der Waals surface area contributed by atoms with Crippen LogP contribution in [0.5, 0.6) is 0 Å². The van der Waals surface area contributed by atoms with Crippen molar-refractivity contribution in [3.05, 3.63) is 12.2 Å². The zero-order valence-corrected chi connectivity index (χ0v) is 8.96. The van der Waals surface area contributed by atoms with Crippen LogP contribution in [0.15, 0.2) is 12.2 Å². The van der Waals surface area contributed by atoms with Gasteiger partial charge in [0.1, 0.15) is 0 Å². The Morgan fingerprint density at radius 2 is 2.43 bits per heavy atom. The van der Waals surface area contributed by atoms with Gasteiger partial charge < -0.3 is 10.6 Å². The average molecular weight is 196 g/mol. The predicted molar refractivity (Wildman–Crippen MR) is 57.8 cm³/mol. The van der Waals surface area contributed by atoms with Crippen molar-refractivity contribution in [1.82, 2.24) is 4.90 Å². The number of carbonyl (C=O) groups is 1. The molecular weight excluding hydrogens is 176 g/mol. The summed E-state index contributed by atoms with van der Waals surface area (Å²) in [6, 6.07) is 0. The van der Waals surface area contributed by atoms with E-state index in [1.54, 1.807) is 0 Å². The van der Waals surface area contributed by atoms with Gasteiger partial charge in [0.05, 0.1) is 0 Å². The molecule has 1 heterocycles. The number of amides is 1. The van der Waals surface area contributed by atoms with E-state index in [4.69, 9.17) is 5.73 Å². The highest BCUT2D eigenvalue weighted by molar-refractivity contribution is 5.78. The summed E-state index contributed by atoms with van der Waals surface area (Å²) in [4.78, 5) is 13.4. The fourth-order valence-electron chi connectivity index (χ4n) is 1.94. The zero-order chi connectivity index (χ0) is 10.6. The smallest absolute Gasteiger partial charge is 0.223 e. The molecule has 3 nitrogen and oxygen atoms in total. The summed E-state index contributed by atoms with van der Waals surface area (Å²) in [7, 11) is 0. The standard InChI is InChI=1S/C11H20N2O/c1-3-4-10-5-11(14)13(8-10)7-9(2)6-12/h10H,2-8,12H2,1H3. The van der Waals surface area contributed by atoms with Crippen molar-refractivity contribution in [2.24, 2.45) is 11.7 Å². The third kappa shape index (κ3) is 2.84. The van der Waals surface area contributed by atoms with Crippen molar-refractivity contribution in [1.29, 1.82) is 0 Å². The molecule has 1 amide bonds. The van der Waals surface area contributed by atoms with Crippen LogP contribution >= 0.6 is 0 Å². The van der Waals surface area contributed by atoms with Crippen molar-refractivity contribution in [2.45, 2.75) is 26.2 Å². The molecule has 1 atom stereocenters. The number of hydrogen-bond donors (Lipinski definition) is 1. The zero-order valence-electron chi connectivity index (χ0n) is 8.96. The lowest BCUT2D eigenvalue weighted by molar-refractivity contribution is -0.127. The lowest BCUT2D eigenvalue weighted by Gasteiger charge is -2.17. The minimum atomic E-state index is 0.262. The second-order valence-electron chi connectivity index (χ2n) is 4.09. The highest BCUT2D eigenvalue weighted by Gasteiger charge is 2.28. The normalized spacial score (nSPS) is 21.7. The lowest BCUT2D eigenvalue weighted by atomic mass is 10.0. The number of carbonyl (C=O) groups excluding carboxylic acids is 1. The summed E-state index contributed by atoms with van der Waals surface area (Å²) in [5.41, 5.74) is 6.39. The Balaban J connectivity index is 2.40. The van der Waals surface area contributed by atoms with E-state index in [0.717, 1.165) is 25.0 Å². The van der Waals surface area contributed by atoms with Crippen molar-refractivity contribution in [2.75, 3.05) is 19.6 Å². The molecule has 0 saturated carbocycles. The molecule has 0 aromatic rings. The van der Waals surface area contributed by atoms with Crippen LogP contribution in [0.4, 0.5) is 0 Å². The van der Waals surface area contributed by atoms with Crippen LogP contribution in [0.1, 0.15) is 26.2 Å². The summed E-state index contributed by atoms with van der Waals surface area (Å²) in [5, 5.41) is 0. The second kappa shape index (κ2) is 5.15. The number of rotatable bonds is 5. The van der Waals surface area contributed by atoms with E-state index in [-0.39, 0.29) is 5.91 Å². The second-order valence-corrected chi connectivity index (χ2v) is 4.09. The Kier molecular flexibility index (Phi) is 4.14. The number of nitrogens with two attached hydrogens (primary N) is 1. The summed E-state index contributed by atoms with van der Waals surface area (Å²) in [5.74, 6) is 0.816. The predicted octanol–water partition coefficient (Wildman–Crippen LogP) is 1.15. The molecule has 0 bridgehead atoms. The molecule has 0 aromatic carbocycles. The van der Waals surface area contributed by atoms with Crippen molar-refractivity contribution in [3.63, 3.8) is 0 Å². The number of likely N-dealkylation sites (tertiary alicyclic amines) is 1. The van der Waals surface area contributed by atoms with Crippen LogP contribution in [-0.2, 0) is 4.79 Å². The molecule has 1 rings (SSSR count). The molecule has 1 aliphatic rings. The molecule has 1 saturated heterocycles. The third-order valence-corrected chi connectivity index (χ3v) is 2.69. The molecule has 0 aromatic heterocycles. The highest BCUT2D eigenvalue weighted by atomic mass is 16.2. The highest BCUT2D eigenvalue weighted by Crippen LogP contribution is 2.22. The van der Waals surface area contributed by atoms with Gasteiger partial charge in [-0.3, -0.25) is 4.79 Å². The fraction of sp³-hybridized carbons (Fsp3) is 0.727. The van der Waals surface area contributed by atoms with Gasteiger partial charge in [0.2, 0.25) is 5.91 Å². The van der Waals surface area contributed by atoms with Gasteiger partial charge in [-0.05, 0) is 17.9 Å². The summed E-state index contributed by atoms with van der Waals surface area (Å²) in [6.45, 7) is 8.00. The van der Waals surface area contributed by atoms with Gasteiger partial charge in [0, 0.05) is 26.1 Å². The van der Waals surface area contributed by atoms with Gasteiger partial charge in [-0.25, -0.2) is 0 Å². The van der Waals surface area contributed by atoms with Crippen molar-refractivity contribution >= 4 is 5.91 Å². The first-order chi connectivity index (χ1) is 6.67. The molecule has 2 N–H and O–H groups in total. The van der Waals surface area contributed by atoms with Crippen LogP contribution in [0.25, 0.3) is 0 Å². The Morgan fingerprint density at radius 1 is 1.71 bits per heavy atom. The Bertz CT molecular complexity index is 225. The van der Waals surface area contributed by atoms with E-state index in [1.165, 1.54) is 0 Å². The molecule has 1 aliphatic heterocycles. The van der Waals surface area contributed by atoms with E-state index in [9.17, 15) is 4.79 Å². The van der Waals surface area contributed by atoms with Crippen molar-refractivity contribution in [3.8, 4) is 0 Å². The molecule has 3 heteroatoms. The number of hydrogen-bond acceptors (Lipinski definition) is 2. The van der Waals surface area contributed by atoms with Gasteiger partial charge >= 0.3 is 0 Å². The van der Waals surface area contributed by atoms with E-state index in [0.29, 0.717) is 25.4 Å². The summed E-state index contributed by atoms with van der Waals surface area (Å²) in [6.07, 6.45) is 3.02. The van der Waals surface area contributed by atoms with E-state index in [2.05, 4.69) is 13.5 Å². The SMILES string of the molecule is C=C(CN)CN1CC(CCC)CC1=O. The maximum absolute atomic E-state index is 11.6. The average Bonchev–Trinajstić information content (AvgIpc) is 2.47. The van der Waals surface area contributed by atoms with Gasteiger partial charge in [-0.15, -0.1) is 0 Å². The molecule has 0 spiro atoms. The topological polar surface area (TPSA) is 46.3 Å². The van der Waals surface area contributed by atoms with Gasteiger partial charge in [-0.1, -0.05) is 19.9 Å². The molecule has 1 fully saturated rings. The van der Waals surface area contributed by atoms with E-state index in [1.807, 2.05) is 4.90 Å². The largest absolute Gasteiger partial charge is 0.338 e. The molecular formula is C11H20N2O. The van der Waals surface area contributed by atoms with Crippen molar-refractivity contribution < 1.29 is 4.79 Å². The van der Waals surface area contributed by atoms with E-state index >= 15 is 0 Å². The van der Waals surface area contributed by atoms with Crippen LogP contribution in [0.3, 0.4) is 0 Å². The van der Waals surface area contributed by atoms with Crippen LogP contribution in [0.2, 0.25) is 0 Å².